The highest BCUT2D eigenvalue weighted by molar-refractivity contribution is 9.10. The first kappa shape index (κ1) is 15.6. The number of rotatable bonds is 2. The highest BCUT2D eigenvalue weighted by Crippen LogP contribution is 2.26. The summed E-state index contributed by atoms with van der Waals surface area (Å²) in [4.78, 5) is 12.0. The topological polar surface area (TPSA) is 64.9 Å². The van der Waals surface area contributed by atoms with Gasteiger partial charge in [-0.25, -0.2) is 4.79 Å². The largest absolute Gasteiger partial charge is 0.323 e. The number of amides is 2. The van der Waals surface area contributed by atoms with Crippen LogP contribution in [0.25, 0.3) is 0 Å². The van der Waals surface area contributed by atoms with Crippen LogP contribution < -0.4 is 10.6 Å². The smallest absolute Gasteiger partial charge is 0.306 e. The Balaban J connectivity index is 2.16. The lowest BCUT2D eigenvalue weighted by Crippen LogP contribution is -2.20. The number of urea groups is 1. The average molecular weight is 385 g/mol. The minimum Gasteiger partial charge on any atom is -0.306 e. The zero-order valence-corrected chi connectivity index (χ0v) is 13.6. The third-order valence-electron chi connectivity index (χ3n) is 2.53. The van der Waals surface area contributed by atoms with E-state index in [2.05, 4.69) is 26.6 Å². The molecule has 2 aromatic rings. The normalized spacial score (nSPS) is 9.81. The number of hydrogen-bond donors (Lipinski definition) is 2. The Bertz CT molecular complexity index is 743. The molecule has 0 atom stereocenters. The van der Waals surface area contributed by atoms with Gasteiger partial charge in [0.1, 0.15) is 6.07 Å². The van der Waals surface area contributed by atoms with Gasteiger partial charge in [0, 0.05) is 9.50 Å². The van der Waals surface area contributed by atoms with Gasteiger partial charge in [-0.15, -0.1) is 0 Å². The lowest BCUT2D eigenvalue weighted by atomic mass is 10.2. The predicted octanol–water partition coefficient (Wildman–Crippen LogP) is 5.27. The molecule has 106 valence electrons. The molecule has 0 unspecified atom stereocenters. The summed E-state index contributed by atoms with van der Waals surface area (Å²) >= 11 is 15.1. The fraction of sp³-hybridized carbons (Fsp3) is 0. The lowest BCUT2D eigenvalue weighted by molar-refractivity contribution is 0.262. The van der Waals surface area contributed by atoms with Crippen LogP contribution in [0, 0.1) is 11.3 Å². The van der Waals surface area contributed by atoms with Crippen molar-refractivity contribution in [3.63, 3.8) is 0 Å². The molecule has 21 heavy (non-hydrogen) atoms. The number of nitrogens with zero attached hydrogens (tertiary/aromatic N) is 1. The SMILES string of the molecule is N#Cc1cc(Br)ccc1NC(=O)Nc1cc(Cl)ccc1Cl. The highest BCUT2D eigenvalue weighted by atomic mass is 79.9. The van der Waals surface area contributed by atoms with Crippen molar-refractivity contribution in [2.24, 2.45) is 0 Å². The Labute approximate surface area is 139 Å². The number of nitriles is 1. The molecule has 0 spiro atoms. The summed E-state index contributed by atoms with van der Waals surface area (Å²) in [5.41, 5.74) is 1.13. The van der Waals surface area contributed by atoms with E-state index in [9.17, 15) is 4.79 Å². The predicted molar refractivity (Wildman–Crippen MR) is 88.0 cm³/mol. The Morgan fingerprint density at radius 2 is 1.81 bits per heavy atom. The van der Waals surface area contributed by atoms with Gasteiger partial charge in [-0.3, -0.25) is 0 Å². The van der Waals surface area contributed by atoms with Gasteiger partial charge in [-0.1, -0.05) is 39.1 Å². The summed E-state index contributed by atoms with van der Waals surface area (Å²) in [6.45, 7) is 0. The molecular weight excluding hydrogens is 377 g/mol. The van der Waals surface area contributed by atoms with Crippen LogP contribution in [0.4, 0.5) is 16.2 Å². The number of halogens is 3. The van der Waals surface area contributed by atoms with Crippen molar-refractivity contribution in [3.05, 3.63) is 56.5 Å². The van der Waals surface area contributed by atoms with E-state index in [0.29, 0.717) is 27.0 Å². The molecule has 2 rings (SSSR count). The molecule has 2 N–H and O–H groups in total. The maximum absolute atomic E-state index is 12.0. The minimum absolute atomic E-state index is 0.344. The maximum Gasteiger partial charge on any atom is 0.323 e. The van der Waals surface area contributed by atoms with E-state index in [1.54, 1.807) is 30.3 Å². The van der Waals surface area contributed by atoms with Gasteiger partial charge in [0.25, 0.3) is 0 Å². The summed E-state index contributed by atoms with van der Waals surface area (Å²) in [6, 6.07) is 11.2. The van der Waals surface area contributed by atoms with Crippen molar-refractivity contribution in [2.75, 3.05) is 10.6 Å². The molecule has 0 aliphatic heterocycles. The zero-order valence-electron chi connectivity index (χ0n) is 10.5. The van der Waals surface area contributed by atoms with Crippen LogP contribution in [0.1, 0.15) is 5.56 Å². The summed E-state index contributed by atoms with van der Waals surface area (Å²) in [5.74, 6) is 0. The van der Waals surface area contributed by atoms with Crippen LogP contribution in [0.5, 0.6) is 0 Å². The third-order valence-corrected chi connectivity index (χ3v) is 3.58. The van der Waals surface area contributed by atoms with E-state index in [0.717, 1.165) is 4.47 Å². The molecule has 0 saturated carbocycles. The Morgan fingerprint density at radius 1 is 1.10 bits per heavy atom. The van der Waals surface area contributed by atoms with Crippen LogP contribution in [0.15, 0.2) is 40.9 Å². The standard InChI is InChI=1S/C14H8BrCl2N3O/c15-9-1-4-12(8(5-9)7-18)19-14(21)20-13-6-10(16)2-3-11(13)17/h1-6H,(H2,19,20,21). The first-order chi connectivity index (χ1) is 9.99. The Kier molecular flexibility index (Phi) is 5.07. The number of anilines is 2. The monoisotopic (exact) mass is 383 g/mol. The van der Waals surface area contributed by atoms with E-state index in [-0.39, 0.29) is 0 Å². The van der Waals surface area contributed by atoms with Gasteiger partial charge in [-0.2, -0.15) is 5.26 Å². The average Bonchev–Trinajstić information content (AvgIpc) is 2.44. The quantitative estimate of drug-likeness (QED) is 0.740. The zero-order chi connectivity index (χ0) is 15.4. The van der Waals surface area contributed by atoms with Gasteiger partial charge >= 0.3 is 6.03 Å². The van der Waals surface area contributed by atoms with Crippen LogP contribution >= 0.6 is 39.1 Å². The second-order valence-corrected chi connectivity index (χ2v) is 5.76. The molecule has 0 aliphatic carbocycles. The van der Waals surface area contributed by atoms with Crippen LogP contribution in [0.3, 0.4) is 0 Å². The molecule has 0 saturated heterocycles. The summed E-state index contributed by atoms with van der Waals surface area (Å²) in [7, 11) is 0. The number of hydrogen-bond acceptors (Lipinski definition) is 2. The molecule has 2 aromatic carbocycles. The molecule has 0 bridgehead atoms. The van der Waals surface area contributed by atoms with Crippen molar-refractivity contribution in [2.45, 2.75) is 0 Å². The van der Waals surface area contributed by atoms with Crippen LogP contribution in [0.2, 0.25) is 10.0 Å². The van der Waals surface area contributed by atoms with E-state index in [1.807, 2.05) is 6.07 Å². The van der Waals surface area contributed by atoms with Crippen molar-refractivity contribution >= 4 is 56.5 Å². The third kappa shape index (κ3) is 4.11. The van der Waals surface area contributed by atoms with Gasteiger partial charge in [0.2, 0.25) is 0 Å². The summed E-state index contributed by atoms with van der Waals surface area (Å²) < 4.78 is 0.753. The fourth-order valence-corrected chi connectivity index (χ4v) is 2.29. The second-order valence-electron chi connectivity index (χ2n) is 4.01. The lowest BCUT2D eigenvalue weighted by Gasteiger charge is -2.10. The number of nitrogens with one attached hydrogen (secondary N) is 2. The number of carbonyl (C=O) groups excluding carboxylic acids is 1. The van der Waals surface area contributed by atoms with E-state index >= 15 is 0 Å². The first-order valence-electron chi connectivity index (χ1n) is 5.72. The molecule has 7 heteroatoms. The van der Waals surface area contributed by atoms with Crippen LogP contribution in [-0.2, 0) is 0 Å². The Hall–Kier alpha value is -1.74. The first-order valence-corrected chi connectivity index (χ1v) is 7.27. The number of carbonyl (C=O) groups is 1. The molecule has 4 nitrogen and oxygen atoms in total. The fourth-order valence-electron chi connectivity index (χ4n) is 1.59. The van der Waals surface area contributed by atoms with Gasteiger partial charge in [-0.05, 0) is 36.4 Å². The van der Waals surface area contributed by atoms with Crippen molar-refractivity contribution in [3.8, 4) is 6.07 Å². The van der Waals surface area contributed by atoms with Crippen molar-refractivity contribution in [1.29, 1.82) is 5.26 Å². The summed E-state index contributed by atoms with van der Waals surface area (Å²) in [5, 5.41) is 15.0. The van der Waals surface area contributed by atoms with Crippen LogP contribution in [-0.4, -0.2) is 6.03 Å². The van der Waals surface area contributed by atoms with E-state index in [1.165, 1.54) is 6.07 Å². The molecule has 0 radical (unpaired) electrons. The van der Waals surface area contributed by atoms with E-state index in [4.69, 9.17) is 28.5 Å². The highest BCUT2D eigenvalue weighted by Gasteiger charge is 2.09. The van der Waals surface area contributed by atoms with Gasteiger partial charge < -0.3 is 10.6 Å². The molecule has 0 fully saturated rings. The van der Waals surface area contributed by atoms with E-state index < -0.39 is 6.03 Å². The van der Waals surface area contributed by atoms with Gasteiger partial charge in [0.05, 0.1) is 22.0 Å². The van der Waals surface area contributed by atoms with Gasteiger partial charge in [0.15, 0.2) is 0 Å². The number of benzene rings is 2. The Morgan fingerprint density at radius 3 is 2.52 bits per heavy atom. The molecule has 0 aromatic heterocycles. The van der Waals surface area contributed by atoms with Crippen molar-refractivity contribution < 1.29 is 4.79 Å². The summed E-state index contributed by atoms with van der Waals surface area (Å²) in [6.07, 6.45) is 0. The second kappa shape index (κ2) is 6.81. The minimum atomic E-state index is -0.516. The molecule has 0 aliphatic rings. The molecule has 2 amide bonds. The molecular formula is C14H8BrCl2N3O. The maximum atomic E-state index is 12.0. The molecule has 0 heterocycles. The van der Waals surface area contributed by atoms with Crippen molar-refractivity contribution in [1.82, 2.24) is 0 Å².